The first-order chi connectivity index (χ1) is 13.1. The first kappa shape index (κ1) is 21.9. The Kier molecular flexibility index (Phi) is 9.30. The maximum absolute atomic E-state index is 12.9. The van der Waals surface area contributed by atoms with Crippen LogP contribution in [-0.4, -0.2) is 51.8 Å². The third-order valence-electron chi connectivity index (χ3n) is 4.22. The van der Waals surface area contributed by atoms with Gasteiger partial charge in [0.1, 0.15) is 4.32 Å². The smallest absolute Gasteiger partial charge is 0.293 e. The molecule has 1 aromatic rings. The summed E-state index contributed by atoms with van der Waals surface area (Å²) in [4.78, 5) is 27.3. The number of thiocarbonyl (C=S) groups is 1. The van der Waals surface area contributed by atoms with Gasteiger partial charge in [0.25, 0.3) is 11.5 Å². The Hall–Kier alpha value is -1.38. The van der Waals surface area contributed by atoms with Crippen molar-refractivity contribution in [3.8, 4) is 5.75 Å². The van der Waals surface area contributed by atoms with Crippen LogP contribution in [0.15, 0.2) is 17.1 Å². The second kappa shape index (κ2) is 11.5. The molecule has 0 aliphatic carbocycles. The summed E-state index contributed by atoms with van der Waals surface area (Å²) in [6, 6.07) is 1.66. The lowest BCUT2D eigenvalue weighted by atomic mass is 10.2. The van der Waals surface area contributed by atoms with Crippen LogP contribution in [0.5, 0.6) is 5.75 Å². The minimum atomic E-state index is -0.297. The van der Waals surface area contributed by atoms with Gasteiger partial charge in [0.15, 0.2) is 5.75 Å². The fraction of sp³-hybridized carbons (Fsp3) is 0.632. The fourth-order valence-corrected chi connectivity index (χ4v) is 3.79. The van der Waals surface area contributed by atoms with Gasteiger partial charge < -0.3 is 14.0 Å². The fourth-order valence-electron chi connectivity index (χ4n) is 2.59. The van der Waals surface area contributed by atoms with Crippen LogP contribution in [0.4, 0.5) is 0 Å². The van der Waals surface area contributed by atoms with Gasteiger partial charge in [-0.15, -0.1) is 0 Å². The molecule has 0 radical (unpaired) electrons. The van der Waals surface area contributed by atoms with Crippen molar-refractivity contribution in [2.24, 2.45) is 0 Å². The number of aromatic nitrogens is 1. The SMILES string of the molecule is CCCCOCCn1ccc(C(=O)N2CCSC2=S)c(OCCCC)c1=O. The normalized spacial score (nSPS) is 14.0. The first-order valence-corrected chi connectivity index (χ1v) is 10.9. The molecule has 0 bridgehead atoms. The standard InChI is InChI=1S/C19H28N2O4S2/c1-3-5-11-24-13-9-20-8-7-15(16(18(20)23)25-12-6-4-2)17(22)21-10-14-27-19(21)26/h7-8H,3-6,9-14H2,1-2H3. The number of pyridine rings is 1. The number of unbranched alkanes of at least 4 members (excludes halogenated alkanes) is 2. The topological polar surface area (TPSA) is 60.8 Å². The van der Waals surface area contributed by atoms with Crippen LogP contribution < -0.4 is 10.3 Å². The number of carbonyl (C=O) groups excluding carboxylic acids is 1. The van der Waals surface area contributed by atoms with Gasteiger partial charge in [0, 0.05) is 31.6 Å². The summed E-state index contributed by atoms with van der Waals surface area (Å²) < 4.78 is 13.4. The van der Waals surface area contributed by atoms with Crippen LogP contribution in [0.1, 0.15) is 49.9 Å². The predicted molar refractivity (Wildman–Crippen MR) is 113 cm³/mol. The van der Waals surface area contributed by atoms with Gasteiger partial charge in [0.05, 0.1) is 18.8 Å². The molecule has 0 spiro atoms. The molecule has 0 atom stereocenters. The molecule has 1 saturated heterocycles. The van der Waals surface area contributed by atoms with E-state index >= 15 is 0 Å². The first-order valence-electron chi connectivity index (χ1n) is 9.52. The van der Waals surface area contributed by atoms with Crippen molar-refractivity contribution in [1.29, 1.82) is 0 Å². The summed E-state index contributed by atoms with van der Waals surface area (Å²) in [5.41, 5.74) is -0.0158. The molecular weight excluding hydrogens is 384 g/mol. The zero-order chi connectivity index (χ0) is 19.6. The van der Waals surface area contributed by atoms with E-state index in [0.717, 1.165) is 31.4 Å². The Morgan fingerprint density at radius 1 is 1.22 bits per heavy atom. The predicted octanol–water partition coefficient (Wildman–Crippen LogP) is 3.32. The van der Waals surface area contributed by atoms with Crippen LogP contribution in [0.25, 0.3) is 0 Å². The minimum absolute atomic E-state index is 0.115. The maximum atomic E-state index is 12.9. The molecule has 8 heteroatoms. The molecule has 1 amide bonds. The van der Waals surface area contributed by atoms with E-state index in [1.54, 1.807) is 21.7 Å². The number of thioether (sulfide) groups is 1. The summed E-state index contributed by atoms with van der Waals surface area (Å²) in [7, 11) is 0. The number of hydrogen-bond acceptors (Lipinski definition) is 6. The highest BCUT2D eigenvalue weighted by molar-refractivity contribution is 8.23. The van der Waals surface area contributed by atoms with Crippen molar-refractivity contribution < 1.29 is 14.3 Å². The second-order valence-electron chi connectivity index (χ2n) is 6.30. The highest BCUT2D eigenvalue weighted by Crippen LogP contribution is 2.23. The largest absolute Gasteiger partial charge is 0.487 e. The molecule has 1 fully saturated rings. The van der Waals surface area contributed by atoms with Crippen molar-refractivity contribution in [2.45, 2.75) is 46.1 Å². The van der Waals surface area contributed by atoms with E-state index in [-0.39, 0.29) is 22.8 Å². The molecular formula is C19H28N2O4S2. The molecule has 0 saturated carbocycles. The Morgan fingerprint density at radius 2 is 1.96 bits per heavy atom. The molecule has 2 heterocycles. The van der Waals surface area contributed by atoms with Gasteiger partial charge in [-0.2, -0.15) is 0 Å². The summed E-state index contributed by atoms with van der Waals surface area (Å²) in [5, 5.41) is 0. The third-order valence-corrected chi connectivity index (χ3v) is 5.65. The van der Waals surface area contributed by atoms with Crippen LogP contribution in [-0.2, 0) is 11.3 Å². The monoisotopic (exact) mass is 412 g/mol. The summed E-state index contributed by atoms with van der Waals surface area (Å²) in [5.74, 6) is 0.632. The van der Waals surface area contributed by atoms with Crippen molar-refractivity contribution >= 4 is 34.2 Å². The number of carbonyl (C=O) groups is 1. The van der Waals surface area contributed by atoms with E-state index in [1.165, 1.54) is 11.8 Å². The Bertz CT molecular complexity index is 705. The molecule has 1 aliphatic heterocycles. The van der Waals surface area contributed by atoms with E-state index in [4.69, 9.17) is 21.7 Å². The number of rotatable bonds is 11. The zero-order valence-electron chi connectivity index (χ0n) is 16.1. The van der Waals surface area contributed by atoms with Crippen molar-refractivity contribution in [3.05, 3.63) is 28.2 Å². The molecule has 0 unspecified atom stereocenters. The second-order valence-corrected chi connectivity index (χ2v) is 8.02. The number of ether oxygens (including phenoxy) is 2. The van der Waals surface area contributed by atoms with Crippen molar-refractivity contribution in [3.63, 3.8) is 0 Å². The summed E-state index contributed by atoms with van der Waals surface area (Å²) in [6.07, 6.45) is 5.48. The molecule has 27 heavy (non-hydrogen) atoms. The summed E-state index contributed by atoms with van der Waals surface area (Å²) >= 11 is 6.72. The van der Waals surface area contributed by atoms with Gasteiger partial charge in [-0.05, 0) is 18.9 Å². The van der Waals surface area contributed by atoms with Crippen LogP contribution in [0.3, 0.4) is 0 Å². The molecule has 2 rings (SSSR count). The lowest BCUT2D eigenvalue weighted by Crippen LogP contribution is -2.33. The molecule has 0 aromatic carbocycles. The van der Waals surface area contributed by atoms with Crippen LogP contribution >= 0.6 is 24.0 Å². The molecule has 1 aliphatic rings. The Morgan fingerprint density at radius 3 is 2.63 bits per heavy atom. The van der Waals surface area contributed by atoms with Gasteiger partial charge >= 0.3 is 0 Å². The van der Waals surface area contributed by atoms with E-state index in [0.29, 0.717) is 37.2 Å². The van der Waals surface area contributed by atoms with Crippen LogP contribution in [0, 0.1) is 0 Å². The van der Waals surface area contributed by atoms with Gasteiger partial charge in [-0.3, -0.25) is 14.5 Å². The van der Waals surface area contributed by atoms with Crippen molar-refractivity contribution in [2.75, 3.05) is 32.1 Å². The van der Waals surface area contributed by atoms with Gasteiger partial charge in [-0.1, -0.05) is 50.7 Å². The van der Waals surface area contributed by atoms with Gasteiger partial charge in [-0.25, -0.2) is 0 Å². The highest BCUT2D eigenvalue weighted by atomic mass is 32.2. The lowest BCUT2D eigenvalue weighted by Gasteiger charge is -2.18. The number of amides is 1. The average molecular weight is 413 g/mol. The Labute approximate surface area is 170 Å². The Balaban J connectivity index is 2.19. The zero-order valence-corrected chi connectivity index (χ0v) is 17.7. The van der Waals surface area contributed by atoms with E-state index < -0.39 is 0 Å². The van der Waals surface area contributed by atoms with E-state index in [2.05, 4.69) is 6.92 Å². The van der Waals surface area contributed by atoms with Crippen LogP contribution in [0.2, 0.25) is 0 Å². The summed E-state index contributed by atoms with van der Waals surface area (Å²) in [6.45, 7) is 6.69. The number of hydrogen-bond donors (Lipinski definition) is 0. The number of nitrogens with zero attached hydrogens (tertiary/aromatic N) is 2. The van der Waals surface area contributed by atoms with Crippen molar-refractivity contribution in [1.82, 2.24) is 9.47 Å². The lowest BCUT2D eigenvalue weighted by molar-refractivity contribution is 0.0856. The third kappa shape index (κ3) is 6.05. The van der Waals surface area contributed by atoms with E-state index in [9.17, 15) is 9.59 Å². The van der Waals surface area contributed by atoms with Gasteiger partial charge in [0.2, 0.25) is 0 Å². The molecule has 0 N–H and O–H groups in total. The van der Waals surface area contributed by atoms with E-state index in [1.807, 2.05) is 6.92 Å². The molecule has 150 valence electrons. The maximum Gasteiger partial charge on any atom is 0.293 e. The quantitative estimate of drug-likeness (QED) is 0.410. The highest BCUT2D eigenvalue weighted by Gasteiger charge is 2.28. The average Bonchev–Trinajstić information content (AvgIpc) is 3.09. The molecule has 1 aromatic heterocycles. The molecule has 6 nitrogen and oxygen atoms in total. The minimum Gasteiger partial charge on any atom is -0.487 e.